The highest BCUT2D eigenvalue weighted by Gasteiger charge is 2.25. The molecule has 2 aromatic rings. The Morgan fingerprint density at radius 3 is 2.58 bits per heavy atom. The number of carbonyl (C=O) groups excluding carboxylic acids is 1. The van der Waals surface area contributed by atoms with Crippen LogP contribution in [0.25, 0.3) is 0 Å². The molecule has 0 spiro atoms. The van der Waals surface area contributed by atoms with Gasteiger partial charge in [-0.05, 0) is 36.7 Å². The number of carbonyl (C=O) groups is 1. The van der Waals surface area contributed by atoms with Crippen LogP contribution in [-0.4, -0.2) is 42.3 Å². The van der Waals surface area contributed by atoms with E-state index in [1.807, 2.05) is 13.1 Å². The Morgan fingerprint density at radius 2 is 2.08 bits per heavy atom. The molecule has 0 saturated carbocycles. The van der Waals surface area contributed by atoms with Gasteiger partial charge in [-0.1, -0.05) is 6.92 Å². The number of aromatic nitrogens is 4. The molecule has 0 fully saturated rings. The van der Waals surface area contributed by atoms with E-state index in [0.29, 0.717) is 17.9 Å². The van der Waals surface area contributed by atoms with Gasteiger partial charge in [0.1, 0.15) is 11.4 Å². The molecule has 0 saturated heterocycles. The van der Waals surface area contributed by atoms with Gasteiger partial charge < -0.3 is 4.90 Å². The van der Waals surface area contributed by atoms with Crippen molar-refractivity contribution in [2.24, 2.45) is 5.92 Å². The van der Waals surface area contributed by atoms with Crippen LogP contribution in [0.4, 0.5) is 5.69 Å². The average Bonchev–Trinajstić information content (AvgIpc) is 3.06. The highest BCUT2D eigenvalue weighted by atomic mass is 79.9. The second-order valence-corrected chi connectivity index (χ2v) is 7.19. The van der Waals surface area contributed by atoms with Gasteiger partial charge in [0.25, 0.3) is 0 Å². The van der Waals surface area contributed by atoms with E-state index in [1.165, 1.54) is 4.68 Å². The number of hydrogen-bond donors (Lipinski definition) is 0. The Kier molecular flexibility index (Phi) is 6.17. The number of hydrogen-bond acceptors (Lipinski definition) is 5. The molecule has 0 N–H and O–H groups in total. The van der Waals surface area contributed by atoms with Crippen molar-refractivity contribution in [3.05, 3.63) is 37.9 Å². The van der Waals surface area contributed by atoms with Crippen molar-refractivity contribution >= 4 is 27.5 Å². The molecule has 1 amide bonds. The number of aryl methyl sites for hydroxylation is 2. The lowest BCUT2D eigenvalue weighted by Gasteiger charge is -2.21. The second kappa shape index (κ2) is 7.98. The molecule has 9 nitrogen and oxygen atoms in total. The molecule has 10 heteroatoms. The van der Waals surface area contributed by atoms with E-state index in [2.05, 4.69) is 26.1 Å². The van der Waals surface area contributed by atoms with Crippen LogP contribution < -0.4 is 0 Å². The van der Waals surface area contributed by atoms with E-state index in [1.54, 1.807) is 37.4 Å². The third-order valence-corrected chi connectivity index (χ3v) is 4.93. The predicted molar refractivity (Wildman–Crippen MR) is 99.6 cm³/mol. The lowest BCUT2D eigenvalue weighted by molar-refractivity contribution is -0.386. The Labute approximate surface area is 160 Å². The summed E-state index contributed by atoms with van der Waals surface area (Å²) in [6.45, 7) is 8.45. The van der Waals surface area contributed by atoms with Crippen LogP contribution in [0.2, 0.25) is 0 Å². The van der Waals surface area contributed by atoms with Crippen molar-refractivity contribution in [3.8, 4) is 0 Å². The monoisotopic (exact) mass is 426 g/mol. The summed E-state index contributed by atoms with van der Waals surface area (Å²) in [4.78, 5) is 25.0. The van der Waals surface area contributed by atoms with Crippen molar-refractivity contribution in [1.82, 2.24) is 24.5 Å². The maximum Gasteiger partial charge on any atom is 0.312 e. The SMILES string of the molecule is CCn1cc(Br)c(CN(C)C(=O)C(C)Cn2nc(C)c([N+](=O)[O-])c2C)n1. The molecule has 0 aromatic carbocycles. The van der Waals surface area contributed by atoms with Gasteiger partial charge in [-0.15, -0.1) is 0 Å². The van der Waals surface area contributed by atoms with Crippen LogP contribution in [0.1, 0.15) is 30.9 Å². The van der Waals surface area contributed by atoms with E-state index in [0.717, 1.165) is 16.7 Å². The third kappa shape index (κ3) is 4.12. The van der Waals surface area contributed by atoms with Crippen molar-refractivity contribution in [1.29, 1.82) is 0 Å². The van der Waals surface area contributed by atoms with Crippen molar-refractivity contribution in [2.45, 2.75) is 47.3 Å². The number of nitro groups is 1. The molecule has 2 aromatic heterocycles. The lowest BCUT2D eigenvalue weighted by atomic mass is 10.1. The van der Waals surface area contributed by atoms with E-state index in [9.17, 15) is 14.9 Å². The molecule has 142 valence electrons. The summed E-state index contributed by atoms with van der Waals surface area (Å²) < 4.78 is 4.20. The summed E-state index contributed by atoms with van der Waals surface area (Å²) in [7, 11) is 1.72. The van der Waals surface area contributed by atoms with Gasteiger partial charge in [-0.3, -0.25) is 24.3 Å². The van der Waals surface area contributed by atoms with E-state index in [-0.39, 0.29) is 24.1 Å². The fourth-order valence-electron chi connectivity index (χ4n) is 2.85. The number of amides is 1. The fraction of sp³-hybridized carbons (Fsp3) is 0.562. The Balaban J connectivity index is 2.08. The summed E-state index contributed by atoms with van der Waals surface area (Å²) in [6.07, 6.45) is 1.88. The molecule has 0 aliphatic heterocycles. The molecule has 0 bridgehead atoms. The van der Waals surface area contributed by atoms with Crippen molar-refractivity contribution in [3.63, 3.8) is 0 Å². The summed E-state index contributed by atoms with van der Waals surface area (Å²) in [5.41, 5.74) is 1.61. The highest BCUT2D eigenvalue weighted by molar-refractivity contribution is 9.10. The molecule has 2 heterocycles. The molecule has 0 aliphatic carbocycles. The zero-order chi connectivity index (χ0) is 19.6. The normalized spacial score (nSPS) is 12.2. The minimum absolute atomic E-state index is 0.00652. The van der Waals surface area contributed by atoms with Crippen LogP contribution in [-0.2, 0) is 24.4 Å². The molecule has 2 rings (SSSR count). The Morgan fingerprint density at radius 1 is 1.42 bits per heavy atom. The van der Waals surface area contributed by atoms with Crippen LogP contribution in [0.5, 0.6) is 0 Å². The smallest absolute Gasteiger partial charge is 0.312 e. The van der Waals surface area contributed by atoms with Gasteiger partial charge in [0.2, 0.25) is 5.91 Å². The zero-order valence-corrected chi connectivity index (χ0v) is 17.1. The summed E-state index contributed by atoms with van der Waals surface area (Å²) in [5, 5.41) is 19.7. The highest BCUT2D eigenvalue weighted by Crippen LogP contribution is 2.23. The van der Waals surface area contributed by atoms with E-state index in [4.69, 9.17) is 0 Å². The van der Waals surface area contributed by atoms with Crippen molar-refractivity contribution in [2.75, 3.05) is 7.05 Å². The molecule has 0 radical (unpaired) electrons. The number of halogens is 1. The molecule has 0 aliphatic rings. The fourth-order valence-corrected chi connectivity index (χ4v) is 3.29. The Hall–Kier alpha value is -2.23. The lowest BCUT2D eigenvalue weighted by Crippen LogP contribution is -2.33. The maximum absolute atomic E-state index is 12.7. The topological polar surface area (TPSA) is 99.1 Å². The van der Waals surface area contributed by atoms with Crippen LogP contribution >= 0.6 is 15.9 Å². The first-order valence-electron chi connectivity index (χ1n) is 8.30. The molecular weight excluding hydrogens is 404 g/mol. The first-order chi connectivity index (χ1) is 12.1. The first kappa shape index (κ1) is 20.1. The number of rotatable bonds is 7. The van der Waals surface area contributed by atoms with Gasteiger partial charge in [-0.25, -0.2) is 0 Å². The minimum atomic E-state index is -0.436. The minimum Gasteiger partial charge on any atom is -0.339 e. The molecule has 26 heavy (non-hydrogen) atoms. The quantitative estimate of drug-likeness (QED) is 0.500. The number of nitrogens with zero attached hydrogens (tertiary/aromatic N) is 6. The third-order valence-electron chi connectivity index (χ3n) is 4.27. The van der Waals surface area contributed by atoms with Gasteiger partial charge >= 0.3 is 5.69 Å². The van der Waals surface area contributed by atoms with Gasteiger partial charge in [0, 0.05) is 19.8 Å². The van der Waals surface area contributed by atoms with Crippen LogP contribution in [0.3, 0.4) is 0 Å². The average molecular weight is 427 g/mol. The standard InChI is InChI=1S/C16H23BrN6O3/c1-6-21-8-13(17)14(19-21)9-20(5)16(24)10(2)7-22-12(4)15(23(25)26)11(3)18-22/h8,10H,6-7,9H2,1-5H3. The van der Waals surface area contributed by atoms with Crippen LogP contribution in [0, 0.1) is 29.9 Å². The molecular formula is C16H23BrN6O3. The largest absolute Gasteiger partial charge is 0.339 e. The zero-order valence-electron chi connectivity index (χ0n) is 15.6. The molecule has 1 unspecified atom stereocenters. The van der Waals surface area contributed by atoms with E-state index < -0.39 is 4.92 Å². The summed E-state index contributed by atoms with van der Waals surface area (Å²) >= 11 is 3.46. The molecule has 1 atom stereocenters. The Bertz CT molecular complexity index is 828. The predicted octanol–water partition coefficient (Wildman–Crippen LogP) is 2.68. The van der Waals surface area contributed by atoms with Gasteiger partial charge in [0.15, 0.2) is 0 Å². The van der Waals surface area contributed by atoms with Gasteiger partial charge in [-0.2, -0.15) is 10.2 Å². The van der Waals surface area contributed by atoms with Gasteiger partial charge in [0.05, 0.1) is 34.1 Å². The summed E-state index contributed by atoms with van der Waals surface area (Å²) in [6, 6.07) is 0. The maximum atomic E-state index is 12.7. The van der Waals surface area contributed by atoms with E-state index >= 15 is 0 Å². The summed E-state index contributed by atoms with van der Waals surface area (Å²) in [5.74, 6) is -0.442. The second-order valence-electron chi connectivity index (χ2n) is 6.33. The van der Waals surface area contributed by atoms with Crippen molar-refractivity contribution < 1.29 is 9.72 Å². The van der Waals surface area contributed by atoms with Crippen LogP contribution in [0.15, 0.2) is 10.7 Å². The first-order valence-corrected chi connectivity index (χ1v) is 9.10.